The Balaban J connectivity index is 1.39. The highest BCUT2D eigenvalue weighted by Gasteiger charge is 2.39. The van der Waals surface area contributed by atoms with Crippen LogP contribution < -0.4 is 15.4 Å². The molecule has 4 heterocycles. The van der Waals surface area contributed by atoms with Gasteiger partial charge in [-0.1, -0.05) is 16.4 Å². The number of carbonyl (C=O) groups is 1. The van der Waals surface area contributed by atoms with Gasteiger partial charge in [0.15, 0.2) is 5.06 Å². The summed E-state index contributed by atoms with van der Waals surface area (Å²) >= 11 is 8.15. The first-order valence-electron chi connectivity index (χ1n) is 7.01. The maximum absolute atomic E-state index is 12.3. The van der Waals surface area contributed by atoms with Crippen molar-refractivity contribution in [1.82, 2.24) is 20.8 Å². The summed E-state index contributed by atoms with van der Waals surface area (Å²) in [7, 11) is 0. The van der Waals surface area contributed by atoms with Crippen LogP contribution in [0.1, 0.15) is 28.9 Å². The number of thiophene rings is 1. The van der Waals surface area contributed by atoms with Crippen LogP contribution >= 0.6 is 34.3 Å². The zero-order chi connectivity index (χ0) is 15.1. The molecule has 0 unspecified atom stereocenters. The van der Waals surface area contributed by atoms with Crippen LogP contribution in [0.2, 0.25) is 4.47 Å². The van der Waals surface area contributed by atoms with E-state index >= 15 is 0 Å². The normalized spacial score (nSPS) is 26.3. The molecule has 2 bridgehead atoms. The van der Waals surface area contributed by atoms with Crippen molar-refractivity contribution >= 4 is 40.2 Å². The molecule has 0 spiro atoms. The third-order valence-electron chi connectivity index (χ3n) is 3.99. The van der Waals surface area contributed by atoms with Crippen LogP contribution in [0.5, 0.6) is 10.3 Å². The van der Waals surface area contributed by atoms with Gasteiger partial charge in [0.25, 0.3) is 5.91 Å². The first-order chi connectivity index (χ1) is 10.7. The zero-order valence-corrected chi connectivity index (χ0v) is 13.8. The lowest BCUT2D eigenvalue weighted by Crippen LogP contribution is -2.42. The number of aromatic nitrogens is 2. The van der Waals surface area contributed by atoms with Gasteiger partial charge in [0.1, 0.15) is 0 Å². The molecule has 2 fully saturated rings. The van der Waals surface area contributed by atoms with E-state index in [1.165, 1.54) is 17.8 Å². The van der Waals surface area contributed by atoms with Crippen LogP contribution in [0.25, 0.3) is 0 Å². The molecule has 1 amide bonds. The molecule has 0 aliphatic carbocycles. The molecule has 2 N–H and O–H groups in total. The van der Waals surface area contributed by atoms with Crippen molar-refractivity contribution in [2.75, 3.05) is 0 Å². The summed E-state index contributed by atoms with van der Waals surface area (Å²) in [6.07, 6.45) is 3.39. The van der Waals surface area contributed by atoms with Gasteiger partial charge in [-0.05, 0) is 54.3 Å². The van der Waals surface area contributed by atoms with Crippen molar-refractivity contribution in [3.8, 4) is 10.3 Å². The Morgan fingerprint density at radius 2 is 2.27 bits per heavy atom. The average molecular weight is 357 g/mol. The molecule has 0 aromatic carbocycles. The van der Waals surface area contributed by atoms with Crippen molar-refractivity contribution in [3.63, 3.8) is 0 Å². The third-order valence-corrected chi connectivity index (χ3v) is 5.85. The number of amides is 1. The molecule has 2 aliphatic heterocycles. The van der Waals surface area contributed by atoms with Gasteiger partial charge in [0, 0.05) is 18.1 Å². The Morgan fingerprint density at radius 3 is 2.95 bits per heavy atom. The molecule has 2 aliphatic rings. The van der Waals surface area contributed by atoms with E-state index in [-0.39, 0.29) is 11.9 Å². The van der Waals surface area contributed by atoms with Crippen molar-refractivity contribution in [2.45, 2.75) is 37.4 Å². The fraction of sp³-hybridized carbons (Fsp3) is 0.462. The fourth-order valence-corrected chi connectivity index (χ4v) is 4.53. The highest BCUT2D eigenvalue weighted by atomic mass is 35.5. The molecule has 22 heavy (non-hydrogen) atoms. The summed E-state index contributed by atoms with van der Waals surface area (Å²) < 4.78 is 5.86. The van der Waals surface area contributed by atoms with E-state index in [4.69, 9.17) is 16.3 Å². The largest absolute Gasteiger partial charge is 0.419 e. The van der Waals surface area contributed by atoms with Gasteiger partial charge in [-0.2, -0.15) is 0 Å². The van der Waals surface area contributed by atoms with Crippen LogP contribution in [0.15, 0.2) is 12.1 Å². The second kappa shape index (κ2) is 5.77. The molecular weight excluding hydrogens is 344 g/mol. The van der Waals surface area contributed by atoms with E-state index in [2.05, 4.69) is 20.8 Å². The lowest BCUT2D eigenvalue weighted by atomic mass is 9.95. The van der Waals surface area contributed by atoms with Gasteiger partial charge in [0.2, 0.25) is 4.47 Å². The molecule has 2 aromatic rings. The minimum atomic E-state index is -0.0468. The summed E-state index contributed by atoms with van der Waals surface area (Å²) in [5.41, 5.74) is 0. The van der Waals surface area contributed by atoms with Crippen LogP contribution in [0, 0.1) is 0 Å². The van der Waals surface area contributed by atoms with E-state index in [9.17, 15) is 4.79 Å². The molecule has 0 saturated carbocycles. The van der Waals surface area contributed by atoms with Crippen molar-refractivity contribution in [1.29, 1.82) is 0 Å². The van der Waals surface area contributed by atoms with Crippen LogP contribution in [-0.2, 0) is 0 Å². The van der Waals surface area contributed by atoms with Gasteiger partial charge < -0.3 is 15.4 Å². The van der Waals surface area contributed by atoms with Crippen molar-refractivity contribution < 1.29 is 9.53 Å². The van der Waals surface area contributed by atoms with Crippen molar-refractivity contribution in [3.05, 3.63) is 21.5 Å². The summed E-state index contributed by atoms with van der Waals surface area (Å²) in [5.74, 6) is -0.0468. The van der Waals surface area contributed by atoms with Gasteiger partial charge in [-0.3, -0.25) is 4.79 Å². The first kappa shape index (κ1) is 14.4. The van der Waals surface area contributed by atoms with E-state index in [1.54, 1.807) is 12.1 Å². The maximum atomic E-state index is 12.3. The molecule has 116 valence electrons. The Labute approximate surface area is 139 Å². The van der Waals surface area contributed by atoms with Crippen LogP contribution in [0.4, 0.5) is 0 Å². The number of nitrogens with zero attached hydrogens (tertiary/aromatic N) is 2. The molecule has 2 aromatic heterocycles. The van der Waals surface area contributed by atoms with E-state index in [0.717, 1.165) is 24.2 Å². The number of rotatable bonds is 4. The van der Waals surface area contributed by atoms with Crippen LogP contribution in [-0.4, -0.2) is 34.2 Å². The van der Waals surface area contributed by atoms with Crippen LogP contribution in [0.3, 0.4) is 0 Å². The Hall–Kier alpha value is -1.22. The summed E-state index contributed by atoms with van der Waals surface area (Å²) in [5, 5.41) is 15.1. The highest BCUT2D eigenvalue weighted by molar-refractivity contribution is 7.17. The fourth-order valence-electron chi connectivity index (χ4n) is 3.04. The molecule has 9 heteroatoms. The minimum Gasteiger partial charge on any atom is -0.419 e. The van der Waals surface area contributed by atoms with Gasteiger partial charge >= 0.3 is 5.19 Å². The standard InChI is InChI=1S/C13H13ClN4O2S2/c14-12-17-18-13(22-12)20-10-4-3-9(21-10)11(19)16-8-5-6-1-2-7(8)15-6/h3-4,6-8,15H,1-2,5H2,(H,16,19)/t6-,7+,8-/m1/s1. The highest BCUT2D eigenvalue weighted by Crippen LogP contribution is 2.33. The van der Waals surface area contributed by atoms with Gasteiger partial charge in [-0.15, -0.1) is 5.10 Å². The number of carbonyl (C=O) groups excluding carboxylic acids is 1. The number of fused-ring (bicyclic) bond motifs is 2. The molecule has 2 saturated heterocycles. The molecular formula is C13H13ClN4O2S2. The average Bonchev–Trinajstić information content (AvgIpc) is 3.24. The second-order valence-corrected chi connectivity index (χ2v) is 7.97. The lowest BCUT2D eigenvalue weighted by Gasteiger charge is -2.20. The molecule has 6 nitrogen and oxygen atoms in total. The topological polar surface area (TPSA) is 76.1 Å². The number of hydrogen-bond acceptors (Lipinski definition) is 7. The monoisotopic (exact) mass is 356 g/mol. The number of ether oxygens (including phenoxy) is 1. The maximum Gasteiger partial charge on any atom is 0.301 e. The van der Waals surface area contributed by atoms with E-state index in [0.29, 0.717) is 31.7 Å². The summed E-state index contributed by atoms with van der Waals surface area (Å²) in [6.45, 7) is 0. The van der Waals surface area contributed by atoms with E-state index < -0.39 is 0 Å². The first-order valence-corrected chi connectivity index (χ1v) is 9.02. The molecule has 3 atom stereocenters. The van der Waals surface area contributed by atoms with Gasteiger partial charge in [0.05, 0.1) is 4.88 Å². The number of halogens is 1. The smallest absolute Gasteiger partial charge is 0.301 e. The Morgan fingerprint density at radius 1 is 1.36 bits per heavy atom. The van der Waals surface area contributed by atoms with E-state index in [1.807, 2.05) is 0 Å². The number of nitrogens with one attached hydrogen (secondary N) is 2. The molecule has 0 radical (unpaired) electrons. The number of hydrogen-bond donors (Lipinski definition) is 2. The predicted octanol–water partition coefficient (Wildman–Crippen LogP) is 2.67. The Kier molecular flexibility index (Phi) is 3.77. The summed E-state index contributed by atoms with van der Waals surface area (Å²) in [4.78, 5) is 12.9. The quantitative estimate of drug-likeness (QED) is 0.880. The van der Waals surface area contributed by atoms with Crippen molar-refractivity contribution in [2.24, 2.45) is 0 Å². The predicted molar refractivity (Wildman–Crippen MR) is 85.1 cm³/mol. The van der Waals surface area contributed by atoms with Gasteiger partial charge in [-0.25, -0.2) is 0 Å². The minimum absolute atomic E-state index is 0.0468. The lowest BCUT2D eigenvalue weighted by molar-refractivity contribution is 0.0935. The SMILES string of the molecule is O=C(N[C@@H]1C[C@H]2CC[C@@H]1N2)c1ccc(Oc2nnc(Cl)s2)s1. The summed E-state index contributed by atoms with van der Waals surface area (Å²) in [6, 6.07) is 4.75. The second-order valence-electron chi connectivity index (χ2n) is 5.40. The molecule has 4 rings (SSSR count). The third kappa shape index (κ3) is 2.83. The Bertz CT molecular complexity index is 704. The zero-order valence-electron chi connectivity index (χ0n) is 11.4.